The van der Waals surface area contributed by atoms with Gasteiger partial charge in [-0.2, -0.15) is 0 Å². The standard InChI is InChI=1S/C17H23NO2/c1-13(2)18-10-8-17(9-11-18)12-15(16(19)20-17)14-6-4-3-5-7-14/h3-7,13,15H,8-12H2,1-2H3. The van der Waals surface area contributed by atoms with Gasteiger partial charge in [0.1, 0.15) is 5.60 Å². The first-order chi connectivity index (χ1) is 9.60. The van der Waals surface area contributed by atoms with Gasteiger partial charge in [-0.1, -0.05) is 30.3 Å². The molecule has 2 fully saturated rings. The van der Waals surface area contributed by atoms with Crippen molar-refractivity contribution >= 4 is 5.97 Å². The normalized spacial score (nSPS) is 26.1. The number of hydrogen-bond acceptors (Lipinski definition) is 3. The lowest BCUT2D eigenvalue weighted by Crippen LogP contribution is -2.46. The van der Waals surface area contributed by atoms with Gasteiger partial charge in [-0.25, -0.2) is 0 Å². The minimum Gasteiger partial charge on any atom is -0.458 e. The molecule has 0 bridgehead atoms. The van der Waals surface area contributed by atoms with Crippen LogP contribution in [0.25, 0.3) is 0 Å². The number of piperidine rings is 1. The third kappa shape index (κ3) is 2.47. The number of rotatable bonds is 2. The third-order valence-corrected chi connectivity index (χ3v) is 4.82. The van der Waals surface area contributed by atoms with Gasteiger partial charge in [-0.3, -0.25) is 4.79 Å². The van der Waals surface area contributed by atoms with Crippen molar-refractivity contribution < 1.29 is 9.53 Å². The van der Waals surface area contributed by atoms with Crippen LogP contribution in [0.3, 0.4) is 0 Å². The number of carbonyl (C=O) groups is 1. The van der Waals surface area contributed by atoms with E-state index in [1.807, 2.05) is 30.3 Å². The largest absolute Gasteiger partial charge is 0.458 e. The Morgan fingerprint density at radius 1 is 1.20 bits per heavy atom. The molecule has 2 aliphatic heterocycles. The second-order valence-corrected chi connectivity index (χ2v) is 6.40. The molecule has 2 aliphatic rings. The van der Waals surface area contributed by atoms with Crippen molar-refractivity contribution in [2.24, 2.45) is 0 Å². The number of benzene rings is 1. The van der Waals surface area contributed by atoms with Crippen molar-refractivity contribution in [3.05, 3.63) is 35.9 Å². The Labute approximate surface area is 120 Å². The van der Waals surface area contributed by atoms with Crippen molar-refractivity contribution in [3.63, 3.8) is 0 Å². The molecule has 2 heterocycles. The fraction of sp³-hybridized carbons (Fsp3) is 0.588. The Hall–Kier alpha value is -1.35. The van der Waals surface area contributed by atoms with Gasteiger partial charge in [0.15, 0.2) is 0 Å². The van der Waals surface area contributed by atoms with Crippen LogP contribution in [0.4, 0.5) is 0 Å². The number of hydrogen-bond donors (Lipinski definition) is 0. The van der Waals surface area contributed by atoms with Gasteiger partial charge >= 0.3 is 5.97 Å². The molecule has 1 aromatic rings. The molecule has 0 aromatic heterocycles. The molecule has 3 nitrogen and oxygen atoms in total. The summed E-state index contributed by atoms with van der Waals surface area (Å²) in [6.45, 7) is 6.52. The first kappa shape index (κ1) is 13.6. The van der Waals surface area contributed by atoms with E-state index in [4.69, 9.17) is 4.74 Å². The molecular weight excluding hydrogens is 250 g/mol. The molecular formula is C17H23NO2. The zero-order valence-corrected chi connectivity index (χ0v) is 12.3. The SMILES string of the molecule is CC(C)N1CCC2(CC1)CC(c1ccccc1)C(=O)O2. The molecule has 1 atom stereocenters. The maximum Gasteiger partial charge on any atom is 0.314 e. The number of ether oxygens (including phenoxy) is 1. The average molecular weight is 273 g/mol. The highest BCUT2D eigenvalue weighted by atomic mass is 16.6. The Kier molecular flexibility index (Phi) is 3.55. The summed E-state index contributed by atoms with van der Waals surface area (Å²) in [6.07, 6.45) is 2.79. The molecule has 0 radical (unpaired) electrons. The van der Waals surface area contributed by atoms with E-state index in [1.165, 1.54) is 0 Å². The predicted molar refractivity (Wildman–Crippen MR) is 78.6 cm³/mol. The number of likely N-dealkylation sites (tertiary alicyclic amines) is 1. The van der Waals surface area contributed by atoms with Crippen LogP contribution in [0.1, 0.15) is 44.6 Å². The summed E-state index contributed by atoms with van der Waals surface area (Å²) in [5, 5.41) is 0. The summed E-state index contributed by atoms with van der Waals surface area (Å²) in [5.74, 6) is -0.101. The van der Waals surface area contributed by atoms with Crippen LogP contribution < -0.4 is 0 Å². The fourth-order valence-electron chi connectivity index (χ4n) is 3.47. The lowest BCUT2D eigenvalue weighted by atomic mass is 9.83. The van der Waals surface area contributed by atoms with Gasteiger partial charge in [0.05, 0.1) is 5.92 Å². The Morgan fingerprint density at radius 3 is 2.45 bits per heavy atom. The molecule has 1 spiro atoms. The van der Waals surface area contributed by atoms with Crippen LogP contribution in [0.5, 0.6) is 0 Å². The van der Waals surface area contributed by atoms with E-state index in [2.05, 4.69) is 18.7 Å². The molecule has 0 aliphatic carbocycles. The van der Waals surface area contributed by atoms with Crippen molar-refractivity contribution in [1.29, 1.82) is 0 Å². The maximum atomic E-state index is 12.2. The van der Waals surface area contributed by atoms with E-state index < -0.39 is 0 Å². The van der Waals surface area contributed by atoms with Crippen LogP contribution in [0.2, 0.25) is 0 Å². The van der Waals surface area contributed by atoms with E-state index in [0.29, 0.717) is 6.04 Å². The molecule has 1 aromatic carbocycles. The monoisotopic (exact) mass is 273 g/mol. The summed E-state index contributed by atoms with van der Waals surface area (Å²) >= 11 is 0. The summed E-state index contributed by atoms with van der Waals surface area (Å²) < 4.78 is 5.82. The van der Waals surface area contributed by atoms with Gasteiger partial charge in [0, 0.05) is 38.4 Å². The number of carbonyl (C=O) groups excluding carboxylic acids is 1. The van der Waals surface area contributed by atoms with Crippen molar-refractivity contribution in [3.8, 4) is 0 Å². The van der Waals surface area contributed by atoms with E-state index in [9.17, 15) is 4.79 Å². The molecule has 2 saturated heterocycles. The highest BCUT2D eigenvalue weighted by Gasteiger charge is 2.48. The Morgan fingerprint density at radius 2 is 1.85 bits per heavy atom. The first-order valence-corrected chi connectivity index (χ1v) is 7.61. The lowest BCUT2D eigenvalue weighted by molar-refractivity contribution is -0.152. The third-order valence-electron chi connectivity index (χ3n) is 4.82. The lowest BCUT2D eigenvalue weighted by Gasteiger charge is -2.39. The van der Waals surface area contributed by atoms with Crippen LogP contribution in [0.15, 0.2) is 30.3 Å². The zero-order chi connectivity index (χ0) is 14.2. The first-order valence-electron chi connectivity index (χ1n) is 7.61. The molecule has 3 rings (SSSR count). The van der Waals surface area contributed by atoms with Crippen LogP contribution in [-0.4, -0.2) is 35.6 Å². The van der Waals surface area contributed by atoms with Gasteiger partial charge in [0.2, 0.25) is 0 Å². The highest BCUT2D eigenvalue weighted by Crippen LogP contribution is 2.43. The Balaban J connectivity index is 1.71. The molecule has 0 saturated carbocycles. The van der Waals surface area contributed by atoms with E-state index in [0.717, 1.165) is 37.9 Å². The fourth-order valence-corrected chi connectivity index (χ4v) is 3.47. The Bertz CT molecular complexity index is 475. The van der Waals surface area contributed by atoms with Gasteiger partial charge < -0.3 is 9.64 Å². The second-order valence-electron chi connectivity index (χ2n) is 6.40. The second kappa shape index (κ2) is 5.21. The summed E-state index contributed by atoms with van der Waals surface area (Å²) in [5.41, 5.74) is 0.892. The van der Waals surface area contributed by atoms with Crippen LogP contribution in [-0.2, 0) is 9.53 Å². The summed E-state index contributed by atoms with van der Waals surface area (Å²) in [4.78, 5) is 14.7. The van der Waals surface area contributed by atoms with Crippen molar-refractivity contribution in [2.75, 3.05) is 13.1 Å². The minimum absolute atomic E-state index is 0.0332. The van der Waals surface area contributed by atoms with Crippen molar-refractivity contribution in [1.82, 2.24) is 4.90 Å². The molecule has 0 amide bonds. The molecule has 1 unspecified atom stereocenters. The quantitative estimate of drug-likeness (QED) is 0.776. The maximum absolute atomic E-state index is 12.2. The van der Waals surface area contributed by atoms with Gasteiger partial charge in [-0.05, 0) is 19.4 Å². The number of esters is 1. The van der Waals surface area contributed by atoms with Gasteiger partial charge in [0.25, 0.3) is 0 Å². The topological polar surface area (TPSA) is 29.5 Å². The minimum atomic E-state index is -0.205. The average Bonchev–Trinajstić information content (AvgIpc) is 2.77. The van der Waals surface area contributed by atoms with E-state index in [-0.39, 0.29) is 17.5 Å². The predicted octanol–water partition coefficient (Wildman–Crippen LogP) is 2.96. The number of nitrogens with zero attached hydrogens (tertiary/aromatic N) is 1. The van der Waals surface area contributed by atoms with E-state index >= 15 is 0 Å². The molecule has 108 valence electrons. The molecule has 0 N–H and O–H groups in total. The van der Waals surface area contributed by atoms with Crippen LogP contribution in [0, 0.1) is 0 Å². The zero-order valence-electron chi connectivity index (χ0n) is 12.3. The summed E-state index contributed by atoms with van der Waals surface area (Å²) in [6, 6.07) is 10.6. The highest BCUT2D eigenvalue weighted by molar-refractivity contribution is 5.81. The summed E-state index contributed by atoms with van der Waals surface area (Å²) in [7, 11) is 0. The molecule has 3 heteroatoms. The van der Waals surface area contributed by atoms with Crippen LogP contribution >= 0.6 is 0 Å². The van der Waals surface area contributed by atoms with E-state index in [1.54, 1.807) is 0 Å². The molecule has 20 heavy (non-hydrogen) atoms. The van der Waals surface area contributed by atoms with Gasteiger partial charge in [-0.15, -0.1) is 0 Å². The van der Waals surface area contributed by atoms with Crippen molar-refractivity contribution in [2.45, 2.75) is 50.7 Å². The smallest absolute Gasteiger partial charge is 0.314 e.